The minimum Gasteiger partial charge on any atom is -0.476 e. The van der Waals surface area contributed by atoms with Crippen LogP contribution in [-0.2, 0) is 11.2 Å². The summed E-state index contributed by atoms with van der Waals surface area (Å²) in [7, 11) is 0. The zero-order valence-electron chi connectivity index (χ0n) is 11.3. The van der Waals surface area contributed by atoms with Crippen molar-refractivity contribution in [2.45, 2.75) is 25.7 Å². The highest BCUT2D eigenvalue weighted by Crippen LogP contribution is 2.10. The van der Waals surface area contributed by atoms with Crippen LogP contribution in [0.25, 0.3) is 0 Å². The van der Waals surface area contributed by atoms with Crippen molar-refractivity contribution in [3.05, 3.63) is 16.1 Å². The summed E-state index contributed by atoms with van der Waals surface area (Å²) < 4.78 is 0. The van der Waals surface area contributed by atoms with Gasteiger partial charge in [0.25, 0.3) is 0 Å². The molecule has 2 heterocycles. The van der Waals surface area contributed by atoms with Gasteiger partial charge >= 0.3 is 5.97 Å². The summed E-state index contributed by atoms with van der Waals surface area (Å²) in [5.41, 5.74) is 0.0744. The molecule has 1 aromatic heterocycles. The molecule has 2 rings (SSSR count). The molecule has 0 saturated carbocycles. The van der Waals surface area contributed by atoms with Gasteiger partial charge in [-0.3, -0.25) is 4.79 Å². The molecule has 0 spiro atoms. The van der Waals surface area contributed by atoms with Crippen molar-refractivity contribution in [3.8, 4) is 0 Å². The van der Waals surface area contributed by atoms with Crippen LogP contribution in [0.15, 0.2) is 5.38 Å². The topological polar surface area (TPSA) is 82.5 Å². The third-order valence-electron chi connectivity index (χ3n) is 3.29. The number of nitrogens with zero attached hydrogens (tertiary/aromatic N) is 2. The van der Waals surface area contributed by atoms with Crippen LogP contribution in [-0.4, -0.2) is 53.0 Å². The molecule has 6 nitrogen and oxygen atoms in total. The van der Waals surface area contributed by atoms with Gasteiger partial charge in [0.15, 0.2) is 5.69 Å². The smallest absolute Gasteiger partial charge is 0.355 e. The molecule has 0 bridgehead atoms. The number of thiazole rings is 1. The maximum atomic E-state index is 11.7. The summed E-state index contributed by atoms with van der Waals surface area (Å²) in [5.74, 6) is -0.964. The first-order valence-electron chi connectivity index (χ1n) is 6.82. The van der Waals surface area contributed by atoms with E-state index in [2.05, 4.69) is 15.2 Å². The molecule has 0 radical (unpaired) electrons. The number of nitrogens with one attached hydrogen (secondary N) is 1. The molecule has 7 heteroatoms. The van der Waals surface area contributed by atoms with Crippen molar-refractivity contribution < 1.29 is 14.7 Å². The van der Waals surface area contributed by atoms with Crippen LogP contribution in [0.3, 0.4) is 0 Å². The van der Waals surface area contributed by atoms with Gasteiger partial charge in [0, 0.05) is 31.3 Å². The number of carboxylic acid groups (broad SMARTS) is 1. The van der Waals surface area contributed by atoms with Crippen molar-refractivity contribution >= 4 is 23.2 Å². The van der Waals surface area contributed by atoms with Crippen molar-refractivity contribution in [3.63, 3.8) is 0 Å². The fourth-order valence-electron chi connectivity index (χ4n) is 2.19. The van der Waals surface area contributed by atoms with Crippen molar-refractivity contribution in [2.24, 2.45) is 0 Å². The van der Waals surface area contributed by atoms with Gasteiger partial charge in [0.05, 0.1) is 5.01 Å². The highest BCUT2D eigenvalue weighted by molar-refractivity contribution is 7.09. The van der Waals surface area contributed by atoms with Crippen LogP contribution in [0, 0.1) is 0 Å². The van der Waals surface area contributed by atoms with Crippen molar-refractivity contribution in [1.29, 1.82) is 0 Å². The van der Waals surface area contributed by atoms with Gasteiger partial charge in [-0.05, 0) is 25.9 Å². The normalized spacial score (nSPS) is 15.4. The molecule has 110 valence electrons. The van der Waals surface area contributed by atoms with Gasteiger partial charge in [0.2, 0.25) is 5.91 Å². The number of carboxylic acids is 1. The van der Waals surface area contributed by atoms with Crippen LogP contribution < -0.4 is 5.32 Å². The number of aromatic carboxylic acids is 1. The maximum absolute atomic E-state index is 11.7. The van der Waals surface area contributed by atoms with E-state index in [9.17, 15) is 9.59 Å². The standard InChI is InChI=1S/C13H19N3O3S/c17-11(4-8-16-6-1-2-7-16)14-5-3-12-15-10(9-20-12)13(18)19/h9H,1-8H2,(H,14,17)(H,18,19). The quantitative estimate of drug-likeness (QED) is 0.784. The third kappa shape index (κ3) is 4.57. The molecule has 0 unspecified atom stereocenters. The number of hydrogen-bond donors (Lipinski definition) is 2. The van der Waals surface area contributed by atoms with Crippen LogP contribution in [0.5, 0.6) is 0 Å². The molecule has 0 aliphatic carbocycles. The van der Waals surface area contributed by atoms with E-state index in [1.54, 1.807) is 0 Å². The largest absolute Gasteiger partial charge is 0.476 e. The predicted octanol–water partition coefficient (Wildman–Crippen LogP) is 0.986. The first-order valence-corrected chi connectivity index (χ1v) is 7.70. The zero-order chi connectivity index (χ0) is 14.4. The number of likely N-dealkylation sites (tertiary alicyclic amines) is 1. The van der Waals surface area contributed by atoms with Gasteiger partial charge in [0.1, 0.15) is 0 Å². The van der Waals surface area contributed by atoms with Gasteiger partial charge in [-0.25, -0.2) is 9.78 Å². The Kier molecular flexibility index (Phi) is 5.49. The lowest BCUT2D eigenvalue weighted by Gasteiger charge is -2.13. The van der Waals surface area contributed by atoms with Crippen LogP contribution in [0.2, 0.25) is 0 Å². The Hall–Kier alpha value is -1.47. The second-order valence-electron chi connectivity index (χ2n) is 4.83. The lowest BCUT2D eigenvalue weighted by atomic mass is 10.3. The van der Waals surface area contributed by atoms with E-state index in [1.807, 2.05) is 0 Å². The Balaban J connectivity index is 1.61. The fraction of sp³-hybridized carbons (Fsp3) is 0.615. The lowest BCUT2D eigenvalue weighted by molar-refractivity contribution is -0.121. The van der Waals surface area contributed by atoms with Gasteiger partial charge in [-0.2, -0.15) is 0 Å². The Morgan fingerprint density at radius 1 is 1.40 bits per heavy atom. The van der Waals surface area contributed by atoms with E-state index >= 15 is 0 Å². The number of rotatable bonds is 7. The number of amides is 1. The predicted molar refractivity (Wildman–Crippen MR) is 76.1 cm³/mol. The number of aromatic nitrogens is 1. The summed E-state index contributed by atoms with van der Waals surface area (Å²) in [6.07, 6.45) is 3.57. The van der Waals surface area contributed by atoms with E-state index in [4.69, 9.17) is 5.11 Å². The van der Waals surface area contributed by atoms with E-state index in [-0.39, 0.29) is 11.6 Å². The van der Waals surface area contributed by atoms with Crippen LogP contribution >= 0.6 is 11.3 Å². The average molecular weight is 297 g/mol. The molecule has 1 saturated heterocycles. The summed E-state index contributed by atoms with van der Waals surface area (Å²) in [4.78, 5) is 28.6. The maximum Gasteiger partial charge on any atom is 0.355 e. The highest BCUT2D eigenvalue weighted by atomic mass is 32.1. The number of carbonyl (C=O) groups excluding carboxylic acids is 1. The third-order valence-corrected chi connectivity index (χ3v) is 4.19. The SMILES string of the molecule is O=C(CCN1CCCC1)NCCc1nc(C(=O)O)cs1. The molecule has 1 aliphatic heterocycles. The average Bonchev–Trinajstić information content (AvgIpc) is 3.07. The lowest BCUT2D eigenvalue weighted by Crippen LogP contribution is -2.30. The van der Waals surface area contributed by atoms with Crippen molar-refractivity contribution in [1.82, 2.24) is 15.2 Å². The molecule has 1 aliphatic rings. The summed E-state index contributed by atoms with van der Waals surface area (Å²) in [6, 6.07) is 0. The zero-order valence-corrected chi connectivity index (χ0v) is 12.1. The Labute approximate surface area is 121 Å². The second-order valence-corrected chi connectivity index (χ2v) is 5.77. The molecule has 1 fully saturated rings. The molecule has 0 atom stereocenters. The summed E-state index contributed by atoms with van der Waals surface area (Å²) in [5, 5.41) is 13.9. The molecule has 20 heavy (non-hydrogen) atoms. The van der Waals surface area contributed by atoms with E-state index in [1.165, 1.54) is 29.6 Å². The van der Waals surface area contributed by atoms with Crippen LogP contribution in [0.1, 0.15) is 34.8 Å². The first-order chi connectivity index (χ1) is 9.65. The molecule has 2 N–H and O–H groups in total. The molecule has 1 aromatic rings. The minimum atomic E-state index is -1.01. The van der Waals surface area contributed by atoms with E-state index in [0.29, 0.717) is 19.4 Å². The van der Waals surface area contributed by atoms with Crippen LogP contribution in [0.4, 0.5) is 0 Å². The fourth-order valence-corrected chi connectivity index (χ4v) is 2.96. The number of carbonyl (C=O) groups is 2. The van der Waals surface area contributed by atoms with Gasteiger partial charge in [-0.1, -0.05) is 0 Å². The summed E-state index contributed by atoms with van der Waals surface area (Å²) in [6.45, 7) is 3.53. The number of hydrogen-bond acceptors (Lipinski definition) is 5. The Morgan fingerprint density at radius 2 is 2.15 bits per heavy atom. The van der Waals surface area contributed by atoms with Crippen molar-refractivity contribution in [2.75, 3.05) is 26.2 Å². The van der Waals surface area contributed by atoms with E-state index in [0.717, 1.165) is 24.6 Å². The summed E-state index contributed by atoms with van der Waals surface area (Å²) >= 11 is 1.31. The van der Waals surface area contributed by atoms with Gasteiger partial charge < -0.3 is 15.3 Å². The Morgan fingerprint density at radius 3 is 2.80 bits per heavy atom. The minimum absolute atomic E-state index is 0.0481. The Bertz CT molecular complexity index is 469. The van der Waals surface area contributed by atoms with E-state index < -0.39 is 5.97 Å². The molecular weight excluding hydrogens is 278 g/mol. The highest BCUT2D eigenvalue weighted by Gasteiger charge is 2.13. The molecule has 0 aromatic carbocycles. The van der Waals surface area contributed by atoms with Gasteiger partial charge in [-0.15, -0.1) is 11.3 Å². The first kappa shape index (κ1) is 14.9. The molecular formula is C13H19N3O3S. The molecule has 1 amide bonds. The second kappa shape index (κ2) is 7.35. The monoisotopic (exact) mass is 297 g/mol.